The monoisotopic (exact) mass is 274 g/mol. The molecule has 0 saturated heterocycles. The average molecular weight is 275 g/mol. The van der Waals surface area contributed by atoms with Gasteiger partial charge in [-0.05, 0) is 30.7 Å². The zero-order valence-corrected chi connectivity index (χ0v) is 12.5. The van der Waals surface area contributed by atoms with Gasteiger partial charge in [0.05, 0.1) is 0 Å². The van der Waals surface area contributed by atoms with Gasteiger partial charge in [-0.3, -0.25) is 0 Å². The number of aryl methyl sites for hydroxylation is 1. The van der Waals surface area contributed by atoms with Crippen LogP contribution in [-0.2, 0) is 11.2 Å². The molecule has 1 heterocycles. The van der Waals surface area contributed by atoms with Gasteiger partial charge in [-0.1, -0.05) is 16.8 Å². The number of hydrogen-bond donors (Lipinski definition) is 0. The van der Waals surface area contributed by atoms with Gasteiger partial charge in [-0.25, -0.2) is 0 Å². The maximum Gasteiger partial charge on any atom is 1.00 e. The summed E-state index contributed by atoms with van der Waals surface area (Å²) in [4.78, 5) is 14.3. The van der Waals surface area contributed by atoms with E-state index in [9.17, 15) is 9.90 Å². The molecule has 5 nitrogen and oxygen atoms in total. The van der Waals surface area contributed by atoms with Gasteiger partial charge in [-0.2, -0.15) is 4.98 Å². The van der Waals surface area contributed by atoms with Crippen LogP contribution in [0.5, 0.6) is 0 Å². The van der Waals surface area contributed by atoms with E-state index in [0.717, 1.165) is 5.56 Å². The van der Waals surface area contributed by atoms with Crippen LogP contribution < -0.4 is 34.7 Å². The van der Waals surface area contributed by atoms with Crippen molar-refractivity contribution < 1.29 is 44.0 Å². The molecule has 88 valence electrons. The molecule has 18 heavy (non-hydrogen) atoms. The van der Waals surface area contributed by atoms with Crippen molar-refractivity contribution in [1.82, 2.24) is 10.1 Å². The first kappa shape index (κ1) is 15.2. The zero-order chi connectivity index (χ0) is 12.3. The Kier molecular flexibility index (Phi) is 5.81. The average Bonchev–Trinajstić information content (AvgIpc) is 2.76. The maximum absolute atomic E-state index is 10.3. The van der Waals surface area contributed by atoms with Crippen molar-refractivity contribution in [2.24, 2.45) is 0 Å². The Hall–Kier alpha value is -0.880. The minimum Gasteiger partial charge on any atom is -0.550 e. The van der Waals surface area contributed by atoms with Gasteiger partial charge in [0.2, 0.25) is 11.7 Å². The predicted octanol–water partition coefficient (Wildman–Crippen LogP) is -1.92. The van der Waals surface area contributed by atoms with Crippen LogP contribution in [0.15, 0.2) is 28.8 Å². The number of carboxylic acids is 1. The van der Waals surface area contributed by atoms with Crippen LogP contribution in [-0.4, -0.2) is 16.1 Å². The number of carbonyl (C=O) groups is 1. The number of carboxylic acid groups (broad SMARTS) is 1. The number of benzene rings is 1. The molecule has 1 aromatic heterocycles. The first-order valence-electron chi connectivity index (χ1n) is 4.93. The fraction of sp³-hybridized carbons (Fsp3) is 0.182. The summed E-state index contributed by atoms with van der Waals surface area (Å²) in [6.07, 6.45) is 0.0329. The van der Waals surface area contributed by atoms with E-state index in [0.29, 0.717) is 10.8 Å². The van der Waals surface area contributed by atoms with Crippen molar-refractivity contribution in [3.63, 3.8) is 0 Å². The van der Waals surface area contributed by atoms with Crippen molar-refractivity contribution >= 4 is 17.6 Å². The molecule has 2 aromatic rings. The van der Waals surface area contributed by atoms with E-state index in [-0.39, 0.29) is 48.3 Å². The Morgan fingerprint density at radius 3 is 2.61 bits per heavy atom. The summed E-state index contributed by atoms with van der Waals surface area (Å²) in [5.41, 5.74) is 0.762. The molecule has 7 heteroatoms. The Labute approximate surface area is 130 Å². The summed E-state index contributed by atoms with van der Waals surface area (Å²) in [5, 5.41) is 14.6. The molecule has 1 aromatic carbocycles. The van der Waals surface area contributed by atoms with Gasteiger partial charge >= 0.3 is 29.6 Å². The number of hydrogen-bond acceptors (Lipinski definition) is 5. The fourth-order valence-electron chi connectivity index (χ4n) is 1.28. The third-order valence-corrected chi connectivity index (χ3v) is 2.37. The van der Waals surface area contributed by atoms with Crippen molar-refractivity contribution in [3.05, 3.63) is 35.2 Å². The summed E-state index contributed by atoms with van der Waals surface area (Å²) < 4.78 is 4.91. The number of halogens is 1. The third-order valence-electron chi connectivity index (χ3n) is 2.11. The Bertz CT molecular complexity index is 527. The van der Waals surface area contributed by atoms with Gasteiger partial charge in [0, 0.05) is 23.0 Å². The summed E-state index contributed by atoms with van der Waals surface area (Å²) in [6.45, 7) is 0. The SMILES string of the molecule is O=C([O-])CCc1nc(-c2ccc(Cl)cc2)no1.[Na+]. The van der Waals surface area contributed by atoms with E-state index >= 15 is 0 Å². The second-order valence-electron chi connectivity index (χ2n) is 3.39. The molecule has 0 amide bonds. The van der Waals surface area contributed by atoms with E-state index in [1.54, 1.807) is 24.3 Å². The summed E-state index contributed by atoms with van der Waals surface area (Å²) in [5.74, 6) is -0.453. The molecule has 2 rings (SSSR count). The minimum atomic E-state index is -1.14. The van der Waals surface area contributed by atoms with Crippen LogP contribution in [0, 0.1) is 0 Å². The van der Waals surface area contributed by atoms with E-state index in [1.165, 1.54) is 0 Å². The third kappa shape index (κ3) is 4.10. The number of nitrogens with zero attached hydrogens (tertiary/aromatic N) is 2. The molecule has 0 aliphatic heterocycles. The maximum atomic E-state index is 10.3. The number of aliphatic carboxylic acids is 1. The molecule has 0 unspecified atom stereocenters. The predicted molar refractivity (Wildman–Crippen MR) is 58.1 cm³/mol. The molecule has 0 saturated carbocycles. The van der Waals surface area contributed by atoms with Crippen molar-refractivity contribution in [2.45, 2.75) is 12.8 Å². The largest absolute Gasteiger partial charge is 1.00 e. The summed E-state index contributed by atoms with van der Waals surface area (Å²) in [6, 6.07) is 6.95. The second-order valence-corrected chi connectivity index (χ2v) is 3.83. The van der Waals surface area contributed by atoms with Crippen LogP contribution in [0.2, 0.25) is 5.02 Å². The zero-order valence-electron chi connectivity index (χ0n) is 9.72. The van der Waals surface area contributed by atoms with Crippen molar-refractivity contribution in [2.75, 3.05) is 0 Å². The van der Waals surface area contributed by atoms with E-state index in [4.69, 9.17) is 16.1 Å². The molecule has 0 radical (unpaired) electrons. The standard InChI is InChI=1S/C11H9ClN2O3.Na/c12-8-3-1-7(2-4-8)11-13-9(17-14-11)5-6-10(15)16;/h1-4H,5-6H2,(H,15,16);/q;+1/p-1. The van der Waals surface area contributed by atoms with Crippen molar-refractivity contribution in [1.29, 1.82) is 0 Å². The van der Waals surface area contributed by atoms with Crippen LogP contribution in [0.3, 0.4) is 0 Å². The molecule has 0 aliphatic rings. The summed E-state index contributed by atoms with van der Waals surface area (Å²) in [7, 11) is 0. The van der Waals surface area contributed by atoms with Gasteiger partial charge in [0.1, 0.15) is 0 Å². The Morgan fingerprint density at radius 2 is 2.00 bits per heavy atom. The van der Waals surface area contributed by atoms with Crippen LogP contribution in [0.25, 0.3) is 11.4 Å². The van der Waals surface area contributed by atoms with E-state index in [1.807, 2.05) is 0 Å². The van der Waals surface area contributed by atoms with E-state index < -0.39 is 5.97 Å². The molecule has 0 fully saturated rings. The fourth-order valence-corrected chi connectivity index (χ4v) is 1.41. The van der Waals surface area contributed by atoms with Gasteiger partial charge in [-0.15, -0.1) is 0 Å². The number of carbonyl (C=O) groups excluding carboxylic acids is 1. The minimum absolute atomic E-state index is 0. The smallest absolute Gasteiger partial charge is 0.550 e. The van der Waals surface area contributed by atoms with Crippen molar-refractivity contribution in [3.8, 4) is 11.4 Å². The topological polar surface area (TPSA) is 79.0 Å². The van der Waals surface area contributed by atoms with Gasteiger partial charge in [0.25, 0.3) is 0 Å². The second kappa shape index (κ2) is 6.89. The Morgan fingerprint density at radius 1 is 1.33 bits per heavy atom. The molecule has 0 bridgehead atoms. The molecular formula is C11H8ClN2NaO3. The van der Waals surface area contributed by atoms with E-state index in [2.05, 4.69) is 10.1 Å². The summed E-state index contributed by atoms with van der Waals surface area (Å²) >= 11 is 5.75. The molecule has 0 atom stereocenters. The van der Waals surface area contributed by atoms with Crippen LogP contribution in [0.1, 0.15) is 12.3 Å². The molecule has 0 spiro atoms. The van der Waals surface area contributed by atoms with Gasteiger partial charge in [0.15, 0.2) is 0 Å². The molecular weight excluding hydrogens is 267 g/mol. The normalized spacial score (nSPS) is 9.83. The molecule has 0 N–H and O–H groups in total. The number of aromatic nitrogens is 2. The van der Waals surface area contributed by atoms with Crippen LogP contribution >= 0.6 is 11.6 Å². The van der Waals surface area contributed by atoms with Gasteiger partial charge < -0.3 is 14.4 Å². The first-order chi connectivity index (χ1) is 8.15. The molecule has 0 aliphatic carbocycles. The van der Waals surface area contributed by atoms with Crippen LogP contribution in [0.4, 0.5) is 0 Å². The quantitative estimate of drug-likeness (QED) is 0.607. The number of rotatable bonds is 4. The Balaban J connectivity index is 0.00000162. The first-order valence-corrected chi connectivity index (χ1v) is 5.31.